The van der Waals surface area contributed by atoms with Crippen LogP contribution in [0.5, 0.6) is 0 Å². The molecule has 0 aliphatic carbocycles. The molecule has 1 aromatic rings. The first-order valence-electron chi connectivity index (χ1n) is 8.37. The molecule has 0 fully saturated rings. The van der Waals surface area contributed by atoms with Gasteiger partial charge in [0.1, 0.15) is 0 Å². The molecule has 0 aliphatic heterocycles. The van der Waals surface area contributed by atoms with Crippen molar-refractivity contribution in [2.24, 2.45) is 0 Å². The minimum atomic E-state index is -0.630. The highest BCUT2D eigenvalue weighted by molar-refractivity contribution is 5.91. The first-order valence-corrected chi connectivity index (χ1v) is 8.37. The predicted molar refractivity (Wildman–Crippen MR) is 90.0 cm³/mol. The van der Waals surface area contributed by atoms with E-state index in [-0.39, 0.29) is 11.8 Å². The van der Waals surface area contributed by atoms with E-state index in [2.05, 4.69) is 11.8 Å². The molecular weight excluding hydrogens is 292 g/mol. The van der Waals surface area contributed by atoms with Crippen LogP contribution < -0.4 is 0 Å². The third-order valence-corrected chi connectivity index (χ3v) is 3.65. The molecule has 1 aromatic carbocycles. The number of rotatable bonds is 7. The zero-order chi connectivity index (χ0) is 17.3. The third-order valence-electron chi connectivity index (χ3n) is 3.65. The quantitative estimate of drug-likeness (QED) is 0.405. The summed E-state index contributed by atoms with van der Waals surface area (Å²) in [5.41, 5.74) is 1.09. The van der Waals surface area contributed by atoms with E-state index in [1.165, 1.54) is 6.42 Å². The Balaban J connectivity index is 2.47. The first-order chi connectivity index (χ1) is 10.9. The second-order valence-corrected chi connectivity index (χ2v) is 6.79. The van der Waals surface area contributed by atoms with Crippen molar-refractivity contribution in [2.75, 3.05) is 0 Å². The lowest BCUT2D eigenvalue weighted by atomic mass is 9.84. The van der Waals surface area contributed by atoms with E-state index in [4.69, 9.17) is 4.89 Å². The Morgan fingerprint density at radius 1 is 0.957 bits per heavy atom. The van der Waals surface area contributed by atoms with Crippen molar-refractivity contribution >= 4 is 11.9 Å². The summed E-state index contributed by atoms with van der Waals surface area (Å²) < 4.78 is 0. The van der Waals surface area contributed by atoms with Gasteiger partial charge in [0.15, 0.2) is 0 Å². The van der Waals surface area contributed by atoms with Crippen molar-refractivity contribution < 1.29 is 19.4 Å². The molecule has 0 saturated carbocycles. The summed E-state index contributed by atoms with van der Waals surface area (Å²) in [7, 11) is 0. The Labute approximate surface area is 139 Å². The fourth-order valence-electron chi connectivity index (χ4n) is 2.36. The molecule has 4 heteroatoms. The van der Waals surface area contributed by atoms with Gasteiger partial charge >= 0.3 is 11.9 Å². The van der Waals surface area contributed by atoms with E-state index in [9.17, 15) is 9.59 Å². The van der Waals surface area contributed by atoms with Crippen LogP contribution in [0.15, 0.2) is 24.3 Å². The molecule has 0 bridgehead atoms. The van der Waals surface area contributed by atoms with Gasteiger partial charge in [0.25, 0.3) is 0 Å². The molecular formula is C19H28O4. The van der Waals surface area contributed by atoms with Crippen LogP contribution in [0.1, 0.15) is 82.1 Å². The summed E-state index contributed by atoms with van der Waals surface area (Å²) in [6.45, 7) is 8.19. The van der Waals surface area contributed by atoms with Crippen LogP contribution in [-0.2, 0) is 20.0 Å². The molecule has 1 rings (SSSR count). The molecule has 4 nitrogen and oxygen atoms in total. The standard InChI is InChI=1S/C19H28O4/c1-5-6-7-8-9-14-17(20)22-23-18(21)15-12-10-11-13-16(15)19(2,3)4/h10-13H,5-9,14H2,1-4H3. The first kappa shape index (κ1) is 19.2. The van der Waals surface area contributed by atoms with Gasteiger partial charge in [-0.15, -0.1) is 0 Å². The highest BCUT2D eigenvalue weighted by Gasteiger charge is 2.23. The largest absolute Gasteiger partial charge is 0.386 e. The maximum Gasteiger partial charge on any atom is 0.386 e. The second-order valence-electron chi connectivity index (χ2n) is 6.79. The average molecular weight is 320 g/mol. The fraction of sp³-hybridized carbons (Fsp3) is 0.579. The van der Waals surface area contributed by atoms with Crippen LogP contribution in [-0.4, -0.2) is 11.9 Å². The number of hydrogen-bond acceptors (Lipinski definition) is 4. The normalized spacial score (nSPS) is 11.1. The van der Waals surface area contributed by atoms with Gasteiger partial charge in [0, 0.05) is 0 Å². The van der Waals surface area contributed by atoms with Gasteiger partial charge in [-0.3, -0.25) is 0 Å². The van der Waals surface area contributed by atoms with E-state index < -0.39 is 11.9 Å². The maximum atomic E-state index is 12.1. The Kier molecular flexibility index (Phi) is 7.79. The van der Waals surface area contributed by atoms with E-state index in [0.717, 1.165) is 31.2 Å². The Morgan fingerprint density at radius 3 is 2.26 bits per heavy atom. The summed E-state index contributed by atoms with van der Waals surface area (Å²) in [5.74, 6) is -1.13. The number of hydrogen-bond donors (Lipinski definition) is 0. The van der Waals surface area contributed by atoms with Crippen molar-refractivity contribution in [3.8, 4) is 0 Å². The van der Waals surface area contributed by atoms with E-state index in [1.807, 2.05) is 32.9 Å². The van der Waals surface area contributed by atoms with Crippen molar-refractivity contribution in [3.05, 3.63) is 35.4 Å². The van der Waals surface area contributed by atoms with Crippen LogP contribution in [0.4, 0.5) is 0 Å². The van der Waals surface area contributed by atoms with E-state index in [1.54, 1.807) is 12.1 Å². The van der Waals surface area contributed by atoms with E-state index in [0.29, 0.717) is 5.56 Å². The second kappa shape index (κ2) is 9.33. The zero-order valence-electron chi connectivity index (χ0n) is 14.7. The van der Waals surface area contributed by atoms with Gasteiger partial charge < -0.3 is 0 Å². The molecule has 0 unspecified atom stereocenters. The van der Waals surface area contributed by atoms with Crippen molar-refractivity contribution in [3.63, 3.8) is 0 Å². The smallest absolute Gasteiger partial charge is 0.247 e. The van der Waals surface area contributed by atoms with Crippen molar-refractivity contribution in [1.29, 1.82) is 0 Å². The Bertz CT molecular complexity index is 514. The van der Waals surface area contributed by atoms with Gasteiger partial charge in [0.2, 0.25) is 0 Å². The molecule has 0 atom stereocenters. The van der Waals surface area contributed by atoms with Gasteiger partial charge in [-0.25, -0.2) is 19.4 Å². The molecule has 0 aromatic heterocycles. The molecule has 0 radical (unpaired) electrons. The highest BCUT2D eigenvalue weighted by Crippen LogP contribution is 2.26. The van der Waals surface area contributed by atoms with Crippen LogP contribution >= 0.6 is 0 Å². The lowest BCUT2D eigenvalue weighted by Gasteiger charge is -2.21. The lowest BCUT2D eigenvalue weighted by Crippen LogP contribution is -2.19. The monoisotopic (exact) mass is 320 g/mol. The topological polar surface area (TPSA) is 52.6 Å². The minimum absolute atomic E-state index is 0.196. The molecule has 0 N–H and O–H groups in total. The van der Waals surface area contributed by atoms with Gasteiger partial charge in [-0.1, -0.05) is 71.6 Å². The number of carbonyl (C=O) groups excluding carboxylic acids is 2. The molecule has 0 amide bonds. The molecule has 23 heavy (non-hydrogen) atoms. The molecule has 0 heterocycles. The highest BCUT2D eigenvalue weighted by atomic mass is 17.2. The summed E-state index contributed by atoms with van der Waals surface area (Å²) in [5, 5.41) is 0. The van der Waals surface area contributed by atoms with Crippen LogP contribution in [0.3, 0.4) is 0 Å². The summed E-state index contributed by atoms with van der Waals surface area (Å²) in [4.78, 5) is 33.1. The SMILES string of the molecule is CCCCCCCC(=O)OOC(=O)c1ccccc1C(C)(C)C. The summed E-state index contributed by atoms with van der Waals surface area (Å²) in [6, 6.07) is 7.20. The van der Waals surface area contributed by atoms with Gasteiger partial charge in [0.05, 0.1) is 12.0 Å². The molecule has 0 saturated heterocycles. The molecule has 128 valence electrons. The summed E-state index contributed by atoms with van der Waals surface area (Å²) in [6.07, 6.45) is 5.47. The van der Waals surface area contributed by atoms with Crippen LogP contribution in [0.25, 0.3) is 0 Å². The van der Waals surface area contributed by atoms with Crippen LogP contribution in [0, 0.1) is 0 Å². The zero-order valence-corrected chi connectivity index (χ0v) is 14.7. The minimum Gasteiger partial charge on any atom is -0.247 e. The number of unbranched alkanes of at least 4 members (excludes halogenated alkanes) is 4. The van der Waals surface area contributed by atoms with E-state index >= 15 is 0 Å². The number of carbonyl (C=O) groups is 2. The maximum absolute atomic E-state index is 12.1. The molecule has 0 spiro atoms. The Hall–Kier alpha value is -1.84. The molecule has 0 aliphatic rings. The lowest BCUT2D eigenvalue weighted by molar-refractivity contribution is -0.234. The fourth-order valence-corrected chi connectivity index (χ4v) is 2.36. The van der Waals surface area contributed by atoms with Crippen molar-refractivity contribution in [1.82, 2.24) is 0 Å². The summed E-state index contributed by atoms with van der Waals surface area (Å²) >= 11 is 0. The Morgan fingerprint density at radius 2 is 1.61 bits per heavy atom. The van der Waals surface area contributed by atoms with Crippen LogP contribution in [0.2, 0.25) is 0 Å². The average Bonchev–Trinajstić information content (AvgIpc) is 2.51. The van der Waals surface area contributed by atoms with Gasteiger partial charge in [-0.2, -0.15) is 0 Å². The third kappa shape index (κ3) is 6.85. The van der Waals surface area contributed by atoms with Gasteiger partial charge in [-0.05, 0) is 23.5 Å². The number of benzene rings is 1. The van der Waals surface area contributed by atoms with Crippen molar-refractivity contribution in [2.45, 2.75) is 71.6 Å². The predicted octanol–water partition coefficient (Wildman–Crippen LogP) is 4.96.